The van der Waals surface area contributed by atoms with Gasteiger partial charge in [-0.3, -0.25) is 0 Å². The van der Waals surface area contributed by atoms with E-state index in [0.29, 0.717) is 5.92 Å². The molecule has 26 heavy (non-hydrogen) atoms. The van der Waals surface area contributed by atoms with Gasteiger partial charge in [-0.2, -0.15) is 0 Å². The van der Waals surface area contributed by atoms with Crippen LogP contribution in [0, 0.1) is 0 Å². The van der Waals surface area contributed by atoms with Crippen LogP contribution in [0.3, 0.4) is 0 Å². The molecule has 1 N–H and O–H groups in total. The average molecular weight is 355 g/mol. The van der Waals surface area contributed by atoms with E-state index in [4.69, 9.17) is 4.74 Å². The van der Waals surface area contributed by atoms with Crippen molar-refractivity contribution in [1.82, 2.24) is 0 Å². The fraction of sp³-hybridized carbons (Fsp3) is 0.478. The molecule has 3 nitrogen and oxygen atoms in total. The Morgan fingerprint density at radius 3 is 2.19 bits per heavy atom. The highest BCUT2D eigenvalue weighted by Crippen LogP contribution is 2.29. The van der Waals surface area contributed by atoms with Crippen molar-refractivity contribution in [3.05, 3.63) is 54.1 Å². The molecule has 2 aromatic rings. The molecule has 0 aliphatic carbocycles. The number of anilines is 2. The smallest absolute Gasteiger partial charge is 0.123 e. The summed E-state index contributed by atoms with van der Waals surface area (Å²) in [6.45, 7) is 13.8. The molecule has 0 bridgehead atoms. The van der Waals surface area contributed by atoms with E-state index in [9.17, 15) is 0 Å². The molecule has 0 fully saturated rings. The Balaban J connectivity index is 1.92. The molecule has 0 amide bonds. The lowest BCUT2D eigenvalue weighted by Gasteiger charge is -2.22. The van der Waals surface area contributed by atoms with Crippen molar-refractivity contribution in [3.8, 4) is 5.75 Å². The summed E-state index contributed by atoms with van der Waals surface area (Å²) in [5, 5.41) is 3.49. The zero-order valence-corrected chi connectivity index (χ0v) is 17.0. The Bertz CT molecular complexity index is 650. The summed E-state index contributed by atoms with van der Waals surface area (Å²) in [6, 6.07) is 17.0. The van der Waals surface area contributed by atoms with Crippen molar-refractivity contribution >= 4 is 11.4 Å². The van der Waals surface area contributed by atoms with E-state index >= 15 is 0 Å². The number of hydrogen-bond acceptors (Lipinski definition) is 3. The van der Waals surface area contributed by atoms with Crippen molar-refractivity contribution in [2.24, 2.45) is 0 Å². The molecule has 2 rings (SSSR count). The van der Waals surface area contributed by atoms with Crippen LogP contribution >= 0.6 is 0 Å². The van der Waals surface area contributed by atoms with Crippen LogP contribution in [0.2, 0.25) is 0 Å². The molecule has 0 radical (unpaired) electrons. The van der Waals surface area contributed by atoms with Gasteiger partial charge < -0.3 is 15.0 Å². The van der Waals surface area contributed by atoms with Crippen LogP contribution in [0.5, 0.6) is 5.75 Å². The lowest BCUT2D eigenvalue weighted by atomic mass is 9.98. The molecule has 0 heterocycles. The van der Waals surface area contributed by atoms with E-state index in [2.05, 4.69) is 87.3 Å². The third-order valence-electron chi connectivity index (χ3n) is 4.98. The fourth-order valence-electron chi connectivity index (χ4n) is 3.11. The number of hydrogen-bond donors (Lipinski definition) is 1. The van der Waals surface area contributed by atoms with Gasteiger partial charge in [-0.15, -0.1) is 0 Å². The van der Waals surface area contributed by atoms with Gasteiger partial charge in [0, 0.05) is 24.5 Å². The number of nitrogens with zero attached hydrogens (tertiary/aromatic N) is 1. The Morgan fingerprint density at radius 1 is 0.923 bits per heavy atom. The minimum absolute atomic E-state index is 0.0997. The molecular formula is C23H34N2O. The monoisotopic (exact) mass is 354 g/mol. The first-order valence-electron chi connectivity index (χ1n) is 9.93. The van der Waals surface area contributed by atoms with E-state index in [1.165, 1.54) is 11.3 Å². The van der Waals surface area contributed by atoms with Gasteiger partial charge in [0.1, 0.15) is 11.9 Å². The van der Waals surface area contributed by atoms with E-state index in [1.807, 2.05) is 6.07 Å². The first-order chi connectivity index (χ1) is 12.6. The predicted octanol–water partition coefficient (Wildman–Crippen LogP) is 5.93. The second kappa shape index (κ2) is 10.1. The maximum absolute atomic E-state index is 6.22. The number of para-hydroxylation sites is 1. The highest BCUT2D eigenvalue weighted by molar-refractivity contribution is 5.55. The maximum atomic E-state index is 6.22. The number of benzene rings is 2. The quantitative estimate of drug-likeness (QED) is 0.572. The molecule has 2 aromatic carbocycles. The molecular weight excluding hydrogens is 320 g/mol. The van der Waals surface area contributed by atoms with Crippen LogP contribution < -0.4 is 15.0 Å². The van der Waals surface area contributed by atoms with Gasteiger partial charge in [0.15, 0.2) is 0 Å². The molecule has 2 unspecified atom stereocenters. The Labute approximate surface area is 159 Å². The van der Waals surface area contributed by atoms with Crippen molar-refractivity contribution in [3.63, 3.8) is 0 Å². The predicted molar refractivity (Wildman–Crippen MR) is 114 cm³/mol. The lowest BCUT2D eigenvalue weighted by molar-refractivity contribution is 0.231. The topological polar surface area (TPSA) is 24.5 Å². The molecule has 0 aromatic heterocycles. The second-order valence-electron chi connectivity index (χ2n) is 6.88. The minimum Gasteiger partial charge on any atom is -0.489 e. The number of ether oxygens (including phenoxy) is 1. The van der Waals surface area contributed by atoms with Crippen LogP contribution in [0.4, 0.5) is 11.4 Å². The van der Waals surface area contributed by atoms with Crippen molar-refractivity contribution in [2.75, 3.05) is 29.9 Å². The SMILES string of the molecule is CCC(C)c1ccccc1OC(C)CNc1ccc(N(CC)CC)cc1. The molecule has 0 saturated heterocycles. The van der Waals surface area contributed by atoms with E-state index < -0.39 is 0 Å². The lowest BCUT2D eigenvalue weighted by Crippen LogP contribution is -2.23. The average Bonchev–Trinajstić information content (AvgIpc) is 2.68. The van der Waals surface area contributed by atoms with Crippen LogP contribution in [0.1, 0.15) is 52.5 Å². The minimum atomic E-state index is 0.0997. The third-order valence-corrected chi connectivity index (χ3v) is 4.98. The second-order valence-corrected chi connectivity index (χ2v) is 6.88. The van der Waals surface area contributed by atoms with Gasteiger partial charge in [0.05, 0.1) is 6.54 Å². The Hall–Kier alpha value is -2.16. The summed E-state index contributed by atoms with van der Waals surface area (Å²) < 4.78 is 6.22. The van der Waals surface area contributed by atoms with E-state index in [-0.39, 0.29) is 6.10 Å². The van der Waals surface area contributed by atoms with Gasteiger partial charge in [0.2, 0.25) is 0 Å². The highest BCUT2D eigenvalue weighted by Gasteiger charge is 2.12. The van der Waals surface area contributed by atoms with Gasteiger partial charge in [-0.1, -0.05) is 32.0 Å². The van der Waals surface area contributed by atoms with Gasteiger partial charge in [-0.05, 0) is 69.0 Å². The first-order valence-corrected chi connectivity index (χ1v) is 9.93. The van der Waals surface area contributed by atoms with Gasteiger partial charge in [0.25, 0.3) is 0 Å². The Kier molecular flexibility index (Phi) is 7.83. The summed E-state index contributed by atoms with van der Waals surface area (Å²) in [4.78, 5) is 2.35. The van der Waals surface area contributed by atoms with E-state index in [1.54, 1.807) is 0 Å². The van der Waals surface area contributed by atoms with Crippen molar-refractivity contribution in [1.29, 1.82) is 0 Å². The van der Waals surface area contributed by atoms with Crippen LogP contribution in [-0.2, 0) is 0 Å². The standard InChI is InChI=1S/C23H34N2O/c1-6-18(4)22-11-9-10-12-23(22)26-19(5)17-24-20-13-15-21(16-14-20)25(7-2)8-3/h9-16,18-19,24H,6-8,17H2,1-5H3. The molecule has 0 aliphatic heterocycles. The molecule has 3 heteroatoms. The normalized spacial score (nSPS) is 13.1. The first kappa shape index (κ1) is 20.2. The summed E-state index contributed by atoms with van der Waals surface area (Å²) in [5.74, 6) is 1.52. The largest absolute Gasteiger partial charge is 0.489 e. The van der Waals surface area contributed by atoms with Gasteiger partial charge >= 0.3 is 0 Å². The van der Waals surface area contributed by atoms with Gasteiger partial charge in [-0.25, -0.2) is 0 Å². The number of rotatable bonds is 10. The highest BCUT2D eigenvalue weighted by atomic mass is 16.5. The summed E-state index contributed by atoms with van der Waals surface area (Å²) in [5.41, 5.74) is 3.70. The maximum Gasteiger partial charge on any atom is 0.123 e. The van der Waals surface area contributed by atoms with Crippen LogP contribution in [-0.4, -0.2) is 25.7 Å². The summed E-state index contributed by atoms with van der Waals surface area (Å²) in [6.07, 6.45) is 1.22. The molecule has 0 saturated carbocycles. The zero-order chi connectivity index (χ0) is 18.9. The van der Waals surface area contributed by atoms with Crippen LogP contribution in [0.25, 0.3) is 0 Å². The third kappa shape index (κ3) is 5.42. The molecule has 0 aliphatic rings. The van der Waals surface area contributed by atoms with Crippen LogP contribution in [0.15, 0.2) is 48.5 Å². The number of nitrogens with one attached hydrogen (secondary N) is 1. The summed E-state index contributed by atoms with van der Waals surface area (Å²) >= 11 is 0. The summed E-state index contributed by atoms with van der Waals surface area (Å²) in [7, 11) is 0. The van der Waals surface area contributed by atoms with Crippen molar-refractivity contribution in [2.45, 2.75) is 53.1 Å². The van der Waals surface area contributed by atoms with Crippen molar-refractivity contribution < 1.29 is 4.74 Å². The Morgan fingerprint density at radius 2 is 1.58 bits per heavy atom. The molecule has 142 valence electrons. The molecule has 2 atom stereocenters. The molecule has 0 spiro atoms. The fourth-order valence-corrected chi connectivity index (χ4v) is 3.11. The zero-order valence-electron chi connectivity index (χ0n) is 17.0. The van der Waals surface area contributed by atoms with E-state index in [0.717, 1.165) is 37.5 Å².